The van der Waals surface area contributed by atoms with Gasteiger partial charge in [0.2, 0.25) is 0 Å². The van der Waals surface area contributed by atoms with Crippen LogP contribution < -0.4 is 10.1 Å². The quantitative estimate of drug-likeness (QED) is 0.875. The molecule has 0 radical (unpaired) electrons. The lowest BCUT2D eigenvalue weighted by Crippen LogP contribution is -2.45. The molecular weight excluding hydrogens is 312 g/mol. The van der Waals surface area contributed by atoms with E-state index in [1.807, 2.05) is 0 Å². The van der Waals surface area contributed by atoms with Gasteiger partial charge in [-0.1, -0.05) is 18.6 Å². The fraction of sp³-hybridized carbons (Fsp3) is 0.600. The van der Waals surface area contributed by atoms with Gasteiger partial charge in [-0.05, 0) is 56.7 Å². The van der Waals surface area contributed by atoms with Gasteiger partial charge in [-0.2, -0.15) is 0 Å². The number of benzene rings is 1. The highest BCUT2D eigenvalue weighted by atomic mass is 16.5. The molecule has 25 heavy (non-hydrogen) atoms. The van der Waals surface area contributed by atoms with Gasteiger partial charge in [0.05, 0.1) is 6.54 Å². The number of rotatable bonds is 6. The Morgan fingerprint density at radius 1 is 1.16 bits per heavy atom. The topological polar surface area (TPSA) is 52.0 Å². The van der Waals surface area contributed by atoms with Crippen LogP contribution >= 0.6 is 0 Å². The average molecular weight is 340 g/mol. The Bertz CT molecular complexity index is 722. The molecule has 0 aliphatic heterocycles. The number of aryl methyl sites for hydroxylation is 1. The molecule has 0 bridgehead atoms. The number of nitrogens with one attached hydrogen (secondary N) is 1. The van der Waals surface area contributed by atoms with Gasteiger partial charge in [0.15, 0.2) is 0 Å². The van der Waals surface area contributed by atoms with Crippen LogP contribution in [-0.4, -0.2) is 26.9 Å². The molecule has 1 aromatic carbocycles. The van der Waals surface area contributed by atoms with E-state index in [9.17, 15) is 0 Å². The zero-order valence-electron chi connectivity index (χ0n) is 15.2. The van der Waals surface area contributed by atoms with Crippen molar-refractivity contribution in [2.45, 2.75) is 70.1 Å². The third kappa shape index (κ3) is 3.87. The first-order valence-electron chi connectivity index (χ1n) is 9.55. The number of aromatic nitrogens is 3. The Hall–Kier alpha value is -1.88. The number of ether oxygens (including phenoxy) is 1. The van der Waals surface area contributed by atoms with Crippen LogP contribution in [0.4, 0.5) is 0 Å². The van der Waals surface area contributed by atoms with Gasteiger partial charge < -0.3 is 14.6 Å². The molecule has 2 atom stereocenters. The van der Waals surface area contributed by atoms with E-state index in [1.165, 1.54) is 31.2 Å². The molecule has 2 saturated carbocycles. The summed E-state index contributed by atoms with van der Waals surface area (Å²) < 4.78 is 8.49. The maximum atomic E-state index is 6.32. The Labute approximate surface area is 149 Å². The third-order valence-corrected chi connectivity index (χ3v) is 5.44. The van der Waals surface area contributed by atoms with Crippen LogP contribution in [0.5, 0.6) is 5.75 Å². The van der Waals surface area contributed by atoms with Crippen molar-refractivity contribution in [1.29, 1.82) is 0 Å². The third-order valence-electron chi connectivity index (χ3n) is 5.44. The van der Waals surface area contributed by atoms with Gasteiger partial charge >= 0.3 is 0 Å². The molecule has 4 rings (SSSR count). The second-order valence-corrected chi connectivity index (χ2v) is 7.55. The van der Waals surface area contributed by atoms with Gasteiger partial charge in [-0.15, -0.1) is 10.2 Å². The standard InChI is InChI=1S/C20H28N4O/c1-14-6-5-7-16(12-14)25-18-9-4-3-8-17(18)21-13-19-22-23-20(24(19)2)15-10-11-15/h5-7,12,15,17-18,21H,3-4,8-11,13H2,1-2H3. The van der Waals surface area contributed by atoms with Gasteiger partial charge in [0, 0.05) is 19.0 Å². The van der Waals surface area contributed by atoms with Crippen molar-refractivity contribution < 1.29 is 4.74 Å². The molecule has 2 fully saturated rings. The van der Waals surface area contributed by atoms with E-state index in [0.29, 0.717) is 12.0 Å². The zero-order valence-corrected chi connectivity index (χ0v) is 15.2. The Morgan fingerprint density at radius 3 is 2.80 bits per heavy atom. The minimum atomic E-state index is 0.228. The Kier molecular flexibility index (Phi) is 4.75. The number of hydrogen-bond donors (Lipinski definition) is 1. The molecular formula is C20H28N4O. The normalized spacial score (nSPS) is 23.6. The summed E-state index contributed by atoms with van der Waals surface area (Å²) in [7, 11) is 2.09. The largest absolute Gasteiger partial charge is 0.489 e. The molecule has 0 saturated heterocycles. The van der Waals surface area contributed by atoms with Gasteiger partial charge in [0.25, 0.3) is 0 Å². The lowest BCUT2D eigenvalue weighted by atomic mass is 9.92. The molecule has 2 aliphatic carbocycles. The van der Waals surface area contributed by atoms with E-state index in [2.05, 4.69) is 58.3 Å². The average Bonchev–Trinajstić information content (AvgIpc) is 3.38. The summed E-state index contributed by atoms with van der Waals surface area (Å²) in [5.41, 5.74) is 1.24. The van der Waals surface area contributed by atoms with Crippen LogP contribution in [0.3, 0.4) is 0 Å². The molecule has 1 aromatic heterocycles. The van der Waals surface area contributed by atoms with Gasteiger partial charge in [-0.25, -0.2) is 0 Å². The molecule has 1 N–H and O–H groups in total. The lowest BCUT2D eigenvalue weighted by Gasteiger charge is -2.32. The Morgan fingerprint density at radius 2 is 2.00 bits per heavy atom. The van der Waals surface area contributed by atoms with E-state index < -0.39 is 0 Å². The van der Waals surface area contributed by atoms with E-state index in [1.54, 1.807) is 0 Å². The van der Waals surface area contributed by atoms with Crippen LogP contribution in [-0.2, 0) is 13.6 Å². The summed E-state index contributed by atoms with van der Waals surface area (Å²) >= 11 is 0. The highest BCUT2D eigenvalue weighted by molar-refractivity contribution is 5.27. The van der Waals surface area contributed by atoms with Crippen molar-refractivity contribution in [3.8, 4) is 5.75 Å². The zero-order chi connectivity index (χ0) is 17.2. The fourth-order valence-corrected chi connectivity index (χ4v) is 3.78. The highest BCUT2D eigenvalue weighted by Crippen LogP contribution is 2.38. The van der Waals surface area contributed by atoms with Crippen molar-refractivity contribution in [2.24, 2.45) is 7.05 Å². The van der Waals surface area contributed by atoms with Crippen LogP contribution in [0, 0.1) is 6.92 Å². The van der Waals surface area contributed by atoms with Crippen molar-refractivity contribution in [2.75, 3.05) is 0 Å². The van der Waals surface area contributed by atoms with E-state index in [0.717, 1.165) is 36.8 Å². The lowest BCUT2D eigenvalue weighted by molar-refractivity contribution is 0.112. The highest BCUT2D eigenvalue weighted by Gasteiger charge is 2.30. The molecule has 0 spiro atoms. The molecule has 5 heteroatoms. The molecule has 1 heterocycles. The van der Waals surface area contributed by atoms with Gasteiger partial charge in [-0.3, -0.25) is 0 Å². The van der Waals surface area contributed by atoms with Crippen LogP contribution in [0.2, 0.25) is 0 Å². The van der Waals surface area contributed by atoms with Gasteiger partial charge in [0.1, 0.15) is 23.5 Å². The predicted molar refractivity (Wildman–Crippen MR) is 97.7 cm³/mol. The molecule has 2 unspecified atom stereocenters. The second-order valence-electron chi connectivity index (χ2n) is 7.55. The fourth-order valence-electron chi connectivity index (χ4n) is 3.78. The summed E-state index contributed by atoms with van der Waals surface area (Å²) in [6, 6.07) is 8.72. The van der Waals surface area contributed by atoms with E-state index in [4.69, 9.17) is 4.74 Å². The monoisotopic (exact) mass is 340 g/mol. The smallest absolute Gasteiger partial charge is 0.146 e. The molecule has 5 nitrogen and oxygen atoms in total. The van der Waals surface area contributed by atoms with Crippen molar-refractivity contribution in [3.63, 3.8) is 0 Å². The number of nitrogens with zero attached hydrogens (tertiary/aromatic N) is 3. The molecule has 134 valence electrons. The maximum Gasteiger partial charge on any atom is 0.146 e. The second kappa shape index (κ2) is 7.16. The first-order valence-corrected chi connectivity index (χ1v) is 9.55. The summed E-state index contributed by atoms with van der Waals surface area (Å²) in [5.74, 6) is 3.79. The Balaban J connectivity index is 1.39. The van der Waals surface area contributed by atoms with Crippen molar-refractivity contribution in [1.82, 2.24) is 20.1 Å². The van der Waals surface area contributed by atoms with E-state index >= 15 is 0 Å². The van der Waals surface area contributed by atoms with Crippen molar-refractivity contribution in [3.05, 3.63) is 41.5 Å². The summed E-state index contributed by atoms with van der Waals surface area (Å²) in [5, 5.41) is 12.5. The van der Waals surface area contributed by atoms with Crippen LogP contribution in [0.15, 0.2) is 24.3 Å². The summed E-state index contributed by atoms with van der Waals surface area (Å²) in [4.78, 5) is 0. The van der Waals surface area contributed by atoms with E-state index in [-0.39, 0.29) is 6.10 Å². The van der Waals surface area contributed by atoms with Crippen LogP contribution in [0.25, 0.3) is 0 Å². The van der Waals surface area contributed by atoms with Crippen LogP contribution in [0.1, 0.15) is 61.7 Å². The minimum absolute atomic E-state index is 0.228. The molecule has 0 amide bonds. The predicted octanol–water partition coefficient (Wildman–Crippen LogP) is 3.48. The first-order chi connectivity index (χ1) is 12.2. The minimum Gasteiger partial charge on any atom is -0.489 e. The SMILES string of the molecule is Cc1cccc(OC2CCCCC2NCc2nnc(C3CC3)n2C)c1. The first kappa shape index (κ1) is 16.6. The van der Waals surface area contributed by atoms with Crippen molar-refractivity contribution >= 4 is 0 Å². The summed E-state index contributed by atoms with van der Waals surface area (Å²) in [6.07, 6.45) is 7.51. The number of hydrogen-bond acceptors (Lipinski definition) is 4. The summed E-state index contributed by atoms with van der Waals surface area (Å²) in [6.45, 7) is 2.86. The maximum absolute atomic E-state index is 6.32. The molecule has 2 aliphatic rings. The molecule has 2 aromatic rings.